The van der Waals surface area contributed by atoms with Crippen LogP contribution in [0.1, 0.15) is 99.8 Å². The third-order valence-electron chi connectivity index (χ3n) is 6.83. The molecule has 0 bridgehead atoms. The lowest BCUT2D eigenvalue weighted by Gasteiger charge is -2.37. The molecule has 0 radical (unpaired) electrons. The second-order valence-electron chi connectivity index (χ2n) is 11.5. The van der Waals surface area contributed by atoms with Crippen molar-refractivity contribution in [3.05, 3.63) is 0 Å². The Morgan fingerprint density at radius 2 is 1.85 bits per heavy atom. The number of hydrogen-bond acceptors (Lipinski definition) is 5. The van der Waals surface area contributed by atoms with Crippen molar-refractivity contribution in [1.82, 2.24) is 10.2 Å². The molecule has 1 saturated heterocycles. The molecule has 2 aliphatic rings. The molecule has 0 spiro atoms. The summed E-state index contributed by atoms with van der Waals surface area (Å²) in [6, 6.07) is 1.93. The smallest absolute Gasteiger partial charge is 0.412 e. The fourth-order valence-electron chi connectivity index (χ4n) is 5.27. The van der Waals surface area contributed by atoms with Crippen LogP contribution in [0.4, 0.5) is 4.79 Å². The number of hydrogen-bond donors (Lipinski definition) is 1. The Kier molecular flexibility index (Phi) is 9.60. The Bertz CT molecular complexity index is 701. The Balaban J connectivity index is 2.27. The van der Waals surface area contributed by atoms with E-state index in [9.17, 15) is 9.59 Å². The van der Waals surface area contributed by atoms with E-state index in [1.807, 2.05) is 48.5 Å². The van der Waals surface area contributed by atoms with Gasteiger partial charge in [0, 0.05) is 12.5 Å². The van der Waals surface area contributed by atoms with Gasteiger partial charge in [-0.15, -0.1) is 0 Å². The molecule has 7 nitrogen and oxygen atoms in total. The van der Waals surface area contributed by atoms with E-state index in [-0.39, 0.29) is 36.0 Å². The van der Waals surface area contributed by atoms with Crippen LogP contribution in [-0.4, -0.2) is 46.9 Å². The summed E-state index contributed by atoms with van der Waals surface area (Å²) in [6.45, 7) is 13.9. The first-order valence-corrected chi connectivity index (χ1v) is 12.7. The number of nitrogens with zero attached hydrogens (tertiary/aromatic N) is 2. The summed E-state index contributed by atoms with van der Waals surface area (Å²) in [7, 11) is 0. The molecule has 1 unspecified atom stereocenters. The third kappa shape index (κ3) is 7.88. The maximum absolute atomic E-state index is 13.3. The normalized spacial score (nSPS) is 24.4. The van der Waals surface area contributed by atoms with Gasteiger partial charge in [-0.05, 0) is 59.3 Å². The molecule has 1 N–H and O–H groups in total. The number of carbonyl (C=O) groups is 2. The van der Waals surface area contributed by atoms with Gasteiger partial charge >= 0.3 is 6.09 Å². The summed E-state index contributed by atoms with van der Waals surface area (Å²) in [5, 5.41) is 11.7. The monoisotopic (exact) mass is 463 g/mol. The number of nitrogens with one attached hydrogen (secondary N) is 1. The number of amides is 2. The second-order valence-corrected chi connectivity index (χ2v) is 11.5. The topological polar surface area (TPSA) is 91.7 Å². The summed E-state index contributed by atoms with van der Waals surface area (Å²) in [5.74, 6) is 0.367. The Hall–Kier alpha value is -1.81. The molecule has 188 valence electrons. The van der Waals surface area contributed by atoms with Crippen molar-refractivity contribution in [3.8, 4) is 6.07 Å². The van der Waals surface area contributed by atoms with Crippen LogP contribution in [0.15, 0.2) is 0 Å². The van der Waals surface area contributed by atoms with Crippen LogP contribution in [0.25, 0.3) is 0 Å². The van der Waals surface area contributed by atoms with Crippen LogP contribution in [0.3, 0.4) is 0 Å². The lowest BCUT2D eigenvalue weighted by molar-refractivity contribution is -0.129. The molecule has 2 rings (SSSR count). The minimum Gasteiger partial charge on any atom is -0.444 e. The van der Waals surface area contributed by atoms with Crippen LogP contribution in [0.2, 0.25) is 0 Å². The Morgan fingerprint density at radius 1 is 1.21 bits per heavy atom. The highest BCUT2D eigenvalue weighted by Crippen LogP contribution is 2.41. The van der Waals surface area contributed by atoms with E-state index in [1.54, 1.807) is 4.90 Å². The fraction of sp³-hybridized carbons (Fsp3) is 0.885. The van der Waals surface area contributed by atoms with E-state index in [0.717, 1.165) is 6.42 Å². The van der Waals surface area contributed by atoms with Crippen molar-refractivity contribution in [3.63, 3.8) is 0 Å². The predicted molar refractivity (Wildman–Crippen MR) is 128 cm³/mol. The first-order valence-electron chi connectivity index (χ1n) is 12.7. The van der Waals surface area contributed by atoms with Crippen molar-refractivity contribution in [1.29, 1.82) is 5.26 Å². The van der Waals surface area contributed by atoms with Crippen LogP contribution in [0, 0.1) is 29.1 Å². The van der Waals surface area contributed by atoms with E-state index >= 15 is 0 Å². The zero-order chi connectivity index (χ0) is 24.8. The predicted octanol–water partition coefficient (Wildman–Crippen LogP) is 5.39. The number of ether oxygens (including phenoxy) is 2. The molecule has 7 heteroatoms. The lowest BCUT2D eigenvalue weighted by atomic mass is 9.81. The van der Waals surface area contributed by atoms with E-state index in [1.165, 1.54) is 32.1 Å². The summed E-state index contributed by atoms with van der Waals surface area (Å²) in [5.41, 5.74) is -1.41. The molecular weight excluding hydrogens is 418 g/mol. The fourth-order valence-corrected chi connectivity index (χ4v) is 5.27. The van der Waals surface area contributed by atoms with Crippen LogP contribution >= 0.6 is 0 Å². The van der Waals surface area contributed by atoms with Gasteiger partial charge in [0.15, 0.2) is 0 Å². The molecule has 0 aromatic carbocycles. The molecule has 0 aromatic heterocycles. The van der Waals surface area contributed by atoms with E-state index in [2.05, 4.69) is 11.4 Å². The van der Waals surface area contributed by atoms with Crippen molar-refractivity contribution in [2.75, 3.05) is 6.54 Å². The van der Waals surface area contributed by atoms with E-state index in [0.29, 0.717) is 25.3 Å². The lowest BCUT2D eigenvalue weighted by Crippen LogP contribution is -2.51. The van der Waals surface area contributed by atoms with Gasteiger partial charge in [-0.1, -0.05) is 46.0 Å². The largest absolute Gasteiger partial charge is 0.444 e. The van der Waals surface area contributed by atoms with Gasteiger partial charge in [0.1, 0.15) is 11.3 Å². The summed E-state index contributed by atoms with van der Waals surface area (Å²) in [4.78, 5) is 28.0. The van der Waals surface area contributed by atoms with Gasteiger partial charge in [0.2, 0.25) is 5.91 Å². The van der Waals surface area contributed by atoms with Crippen molar-refractivity contribution < 1.29 is 19.1 Å². The average molecular weight is 464 g/mol. The minimum atomic E-state index is -0.814. The maximum Gasteiger partial charge on any atom is 0.412 e. The van der Waals surface area contributed by atoms with Gasteiger partial charge in [0.25, 0.3) is 0 Å². The summed E-state index contributed by atoms with van der Waals surface area (Å²) in [6.07, 6.45) is 7.19. The molecule has 2 fully saturated rings. The van der Waals surface area contributed by atoms with Crippen LogP contribution in [0.5, 0.6) is 0 Å². The average Bonchev–Trinajstić information content (AvgIpc) is 2.94. The number of nitriles is 1. The molecule has 1 aliphatic heterocycles. The number of carbonyl (C=O) groups excluding carboxylic acids is 2. The summed E-state index contributed by atoms with van der Waals surface area (Å²) >= 11 is 0. The van der Waals surface area contributed by atoms with Gasteiger partial charge < -0.3 is 14.8 Å². The first-order chi connectivity index (χ1) is 15.4. The summed E-state index contributed by atoms with van der Waals surface area (Å²) < 4.78 is 12.3. The highest BCUT2D eigenvalue weighted by atomic mass is 16.6. The quantitative estimate of drug-likeness (QED) is 0.487. The highest BCUT2D eigenvalue weighted by molar-refractivity contribution is 5.79. The molecule has 33 heavy (non-hydrogen) atoms. The highest BCUT2D eigenvalue weighted by Gasteiger charge is 2.52. The first kappa shape index (κ1) is 27.4. The molecule has 1 heterocycles. The standard InChI is InChI=1S/C26H45N3O4/c1-18(2)20(23(30)28-15-11-14-27)17-22-21(16-19-12-9-8-10-13-19)29(26(6,7)32-22)24(31)33-25(3,4)5/h18-22H,8-13,15-17H2,1-7H3,(H,28,30)/t20-,21-,22?/m0/s1. The maximum atomic E-state index is 13.3. The molecule has 1 aliphatic carbocycles. The second kappa shape index (κ2) is 11.6. The molecule has 0 aromatic rings. The zero-order valence-electron chi connectivity index (χ0n) is 21.8. The molecular formula is C26H45N3O4. The van der Waals surface area contributed by atoms with Crippen molar-refractivity contribution >= 4 is 12.0 Å². The minimum absolute atomic E-state index is 0.0474. The molecule has 3 atom stereocenters. The van der Waals surface area contributed by atoms with Gasteiger partial charge in [-0.25, -0.2) is 4.79 Å². The SMILES string of the molecule is CC(C)[C@H](CC1OC(C)(C)N(C(=O)OC(C)(C)C)[C@H]1CC1CCCCC1)C(=O)NCCC#N. The van der Waals surface area contributed by atoms with E-state index in [4.69, 9.17) is 14.7 Å². The van der Waals surface area contributed by atoms with Gasteiger partial charge in [-0.3, -0.25) is 9.69 Å². The number of rotatable bonds is 8. The zero-order valence-corrected chi connectivity index (χ0v) is 21.8. The van der Waals surface area contributed by atoms with E-state index < -0.39 is 11.3 Å². The van der Waals surface area contributed by atoms with Crippen LogP contribution < -0.4 is 5.32 Å². The molecule has 2 amide bonds. The third-order valence-corrected chi connectivity index (χ3v) is 6.83. The van der Waals surface area contributed by atoms with Crippen LogP contribution in [-0.2, 0) is 14.3 Å². The Morgan fingerprint density at radius 3 is 2.39 bits per heavy atom. The van der Waals surface area contributed by atoms with Crippen molar-refractivity contribution in [2.45, 2.75) is 123 Å². The van der Waals surface area contributed by atoms with Gasteiger partial charge in [0.05, 0.1) is 24.6 Å². The van der Waals surface area contributed by atoms with Gasteiger partial charge in [-0.2, -0.15) is 5.26 Å². The Labute approximate surface area is 200 Å². The van der Waals surface area contributed by atoms with Crippen molar-refractivity contribution in [2.24, 2.45) is 17.8 Å². The molecule has 1 saturated carbocycles.